The molecule has 0 saturated carbocycles. The molecule has 0 radical (unpaired) electrons. The number of carboxylic acids is 1. The number of aryl methyl sites for hydroxylation is 1. The Labute approximate surface area is 140 Å². The van der Waals surface area contributed by atoms with E-state index >= 15 is 0 Å². The van der Waals surface area contributed by atoms with Gasteiger partial charge in [-0.05, 0) is 42.3 Å². The van der Waals surface area contributed by atoms with E-state index in [0.717, 1.165) is 12.1 Å². The maximum absolute atomic E-state index is 12.9. The normalized spacial score (nSPS) is 11.9. The van der Waals surface area contributed by atoms with Gasteiger partial charge in [0.15, 0.2) is 5.69 Å². The number of alkyl halides is 3. The summed E-state index contributed by atoms with van der Waals surface area (Å²) in [6.07, 6.45) is -2.90. The number of rotatable bonds is 3. The quantitative estimate of drug-likeness (QED) is 0.758. The van der Waals surface area contributed by atoms with Crippen molar-refractivity contribution in [3.63, 3.8) is 0 Å². The van der Waals surface area contributed by atoms with E-state index in [1.54, 1.807) is 29.7 Å². The first-order valence-corrected chi connectivity index (χ1v) is 7.26. The van der Waals surface area contributed by atoms with Gasteiger partial charge in [-0.15, -0.1) is 0 Å². The molecule has 25 heavy (non-hydrogen) atoms. The Bertz CT molecular complexity index is 977. The van der Waals surface area contributed by atoms with E-state index in [9.17, 15) is 28.2 Å². The fraction of sp³-hybridized carbons (Fsp3) is 0.176. The van der Waals surface area contributed by atoms with Gasteiger partial charge in [0.05, 0.1) is 17.9 Å². The summed E-state index contributed by atoms with van der Waals surface area (Å²) in [5.41, 5.74) is 0.593. The number of aliphatic hydroxyl groups is 1. The molecule has 0 aliphatic carbocycles. The minimum Gasteiger partial charge on any atom is -0.476 e. The predicted molar refractivity (Wildman–Crippen MR) is 83.2 cm³/mol. The molecule has 0 unspecified atom stereocenters. The summed E-state index contributed by atoms with van der Waals surface area (Å²) >= 11 is 0. The van der Waals surface area contributed by atoms with Crippen LogP contribution in [0.25, 0.3) is 16.8 Å². The largest absolute Gasteiger partial charge is 0.476 e. The Balaban J connectivity index is 2.26. The van der Waals surface area contributed by atoms with E-state index in [1.807, 2.05) is 0 Å². The molecular formula is C17H13F3N2O3. The van der Waals surface area contributed by atoms with Gasteiger partial charge in [0, 0.05) is 11.8 Å². The number of aliphatic hydroxyl groups excluding tert-OH is 1. The van der Waals surface area contributed by atoms with E-state index < -0.39 is 24.3 Å². The van der Waals surface area contributed by atoms with Crippen LogP contribution in [0.2, 0.25) is 0 Å². The third-order valence-corrected chi connectivity index (χ3v) is 3.98. The highest BCUT2D eigenvalue weighted by atomic mass is 19.4. The second kappa shape index (κ2) is 5.89. The number of carboxylic acid groups (broad SMARTS) is 1. The van der Waals surface area contributed by atoms with Crippen molar-refractivity contribution in [1.29, 1.82) is 0 Å². The number of aromatic carboxylic acids is 1. The lowest BCUT2D eigenvalue weighted by Crippen LogP contribution is -2.06. The Hall–Kier alpha value is -2.87. The fourth-order valence-electron chi connectivity index (χ4n) is 2.76. The van der Waals surface area contributed by atoms with Crippen molar-refractivity contribution in [2.45, 2.75) is 19.7 Å². The van der Waals surface area contributed by atoms with Gasteiger partial charge in [-0.3, -0.25) is 0 Å². The average molecular weight is 350 g/mol. The molecule has 0 atom stereocenters. The van der Waals surface area contributed by atoms with Crippen LogP contribution >= 0.6 is 0 Å². The SMILES string of the molecule is Cc1c(C(=O)O)nc2c(-c3ccc(C(F)(F)F)cc3CO)cccn12. The molecule has 3 rings (SSSR count). The third-order valence-electron chi connectivity index (χ3n) is 3.98. The molecule has 2 aromatic heterocycles. The summed E-state index contributed by atoms with van der Waals surface area (Å²) in [7, 11) is 0. The van der Waals surface area contributed by atoms with Crippen molar-refractivity contribution >= 4 is 11.6 Å². The van der Waals surface area contributed by atoms with E-state index in [-0.39, 0.29) is 11.3 Å². The lowest BCUT2D eigenvalue weighted by molar-refractivity contribution is -0.137. The van der Waals surface area contributed by atoms with Gasteiger partial charge in [-0.2, -0.15) is 13.2 Å². The molecule has 0 aliphatic rings. The molecule has 2 N–H and O–H groups in total. The fourth-order valence-corrected chi connectivity index (χ4v) is 2.76. The maximum Gasteiger partial charge on any atom is 0.416 e. The highest BCUT2D eigenvalue weighted by Crippen LogP contribution is 2.35. The molecule has 0 spiro atoms. The zero-order valence-corrected chi connectivity index (χ0v) is 13.0. The van der Waals surface area contributed by atoms with Crippen LogP contribution in [-0.4, -0.2) is 25.6 Å². The Morgan fingerprint density at radius 1 is 1.24 bits per heavy atom. The summed E-state index contributed by atoms with van der Waals surface area (Å²) in [5.74, 6) is -1.19. The van der Waals surface area contributed by atoms with Gasteiger partial charge in [0.1, 0.15) is 5.65 Å². The van der Waals surface area contributed by atoms with Crippen LogP contribution < -0.4 is 0 Å². The summed E-state index contributed by atoms with van der Waals surface area (Å²) in [5, 5.41) is 18.7. The van der Waals surface area contributed by atoms with Crippen LogP contribution in [0, 0.1) is 6.92 Å². The maximum atomic E-state index is 12.9. The van der Waals surface area contributed by atoms with Gasteiger partial charge < -0.3 is 14.6 Å². The van der Waals surface area contributed by atoms with Crippen LogP contribution in [0.1, 0.15) is 27.3 Å². The number of nitrogens with zero attached hydrogens (tertiary/aromatic N) is 2. The van der Waals surface area contributed by atoms with Gasteiger partial charge in [0.25, 0.3) is 0 Å². The van der Waals surface area contributed by atoms with Crippen molar-refractivity contribution in [3.05, 3.63) is 59.0 Å². The zero-order valence-electron chi connectivity index (χ0n) is 13.0. The van der Waals surface area contributed by atoms with Crippen molar-refractivity contribution in [1.82, 2.24) is 9.38 Å². The summed E-state index contributed by atoms with van der Waals surface area (Å²) in [6.45, 7) is 0.999. The van der Waals surface area contributed by atoms with E-state index in [1.165, 1.54) is 6.07 Å². The van der Waals surface area contributed by atoms with E-state index in [2.05, 4.69) is 4.98 Å². The van der Waals surface area contributed by atoms with Crippen LogP contribution in [0.4, 0.5) is 13.2 Å². The van der Waals surface area contributed by atoms with Gasteiger partial charge in [-0.25, -0.2) is 9.78 Å². The average Bonchev–Trinajstić information content (AvgIpc) is 2.91. The predicted octanol–water partition coefficient (Wildman–Crippen LogP) is 3.52. The number of hydrogen-bond acceptors (Lipinski definition) is 3. The summed E-state index contributed by atoms with van der Waals surface area (Å²) < 4.78 is 40.2. The highest BCUT2D eigenvalue weighted by molar-refractivity contribution is 5.90. The molecular weight excluding hydrogens is 337 g/mol. The first-order valence-electron chi connectivity index (χ1n) is 7.26. The van der Waals surface area contributed by atoms with Crippen molar-refractivity contribution in [2.75, 3.05) is 0 Å². The smallest absolute Gasteiger partial charge is 0.416 e. The van der Waals surface area contributed by atoms with Crippen LogP contribution in [0.5, 0.6) is 0 Å². The minimum atomic E-state index is -4.52. The van der Waals surface area contributed by atoms with Gasteiger partial charge in [-0.1, -0.05) is 6.07 Å². The number of aromatic nitrogens is 2. The summed E-state index contributed by atoms with van der Waals surface area (Å²) in [6, 6.07) is 6.32. The number of imidazole rings is 1. The number of carbonyl (C=O) groups is 1. The molecule has 5 nitrogen and oxygen atoms in total. The minimum absolute atomic E-state index is 0.0838. The van der Waals surface area contributed by atoms with Gasteiger partial charge in [0.2, 0.25) is 0 Å². The van der Waals surface area contributed by atoms with E-state index in [4.69, 9.17) is 0 Å². The molecule has 0 aliphatic heterocycles. The molecule has 8 heteroatoms. The number of fused-ring (bicyclic) bond motifs is 1. The molecule has 3 aromatic rings. The van der Waals surface area contributed by atoms with Crippen LogP contribution in [-0.2, 0) is 12.8 Å². The lowest BCUT2D eigenvalue weighted by atomic mass is 9.98. The van der Waals surface area contributed by atoms with Gasteiger partial charge >= 0.3 is 12.1 Å². The topological polar surface area (TPSA) is 74.8 Å². The monoisotopic (exact) mass is 350 g/mol. The Kier molecular flexibility index (Phi) is 4.00. The second-order valence-corrected chi connectivity index (χ2v) is 5.49. The molecule has 0 bridgehead atoms. The lowest BCUT2D eigenvalue weighted by Gasteiger charge is -2.13. The zero-order chi connectivity index (χ0) is 18.4. The van der Waals surface area contributed by atoms with Crippen molar-refractivity contribution in [2.24, 2.45) is 0 Å². The number of halogens is 3. The molecule has 0 amide bonds. The van der Waals surface area contributed by atoms with E-state index in [0.29, 0.717) is 22.5 Å². The third kappa shape index (κ3) is 2.85. The molecule has 0 fully saturated rings. The van der Waals surface area contributed by atoms with Crippen LogP contribution in [0.3, 0.4) is 0 Å². The summed E-state index contributed by atoms with van der Waals surface area (Å²) in [4.78, 5) is 15.4. The second-order valence-electron chi connectivity index (χ2n) is 5.49. The molecule has 1 aromatic carbocycles. The molecule has 0 saturated heterocycles. The number of benzene rings is 1. The number of hydrogen-bond donors (Lipinski definition) is 2. The number of pyridine rings is 1. The Morgan fingerprint density at radius 3 is 2.56 bits per heavy atom. The Morgan fingerprint density at radius 2 is 1.96 bits per heavy atom. The molecule has 130 valence electrons. The standard InChI is InChI=1S/C17H13F3N2O3/c1-9-14(16(24)25)21-15-13(3-2-6-22(9)15)12-5-4-11(17(18,19)20)7-10(12)8-23/h2-7,23H,8H2,1H3,(H,24,25). The van der Waals surface area contributed by atoms with Crippen molar-refractivity contribution < 1.29 is 28.2 Å². The van der Waals surface area contributed by atoms with Crippen LogP contribution in [0.15, 0.2) is 36.5 Å². The molecule has 2 heterocycles. The van der Waals surface area contributed by atoms with Crippen molar-refractivity contribution in [3.8, 4) is 11.1 Å². The highest BCUT2D eigenvalue weighted by Gasteiger charge is 2.31. The first-order chi connectivity index (χ1) is 11.7. The first kappa shape index (κ1) is 17.0.